The molecule has 0 radical (unpaired) electrons. The topological polar surface area (TPSA) is 99.1 Å². The Hall–Kier alpha value is -2.28. The van der Waals surface area contributed by atoms with Crippen LogP contribution in [0.5, 0.6) is 11.5 Å². The first-order valence-corrected chi connectivity index (χ1v) is 12.9. The highest BCUT2D eigenvalue weighted by atomic mass is 16.5. The van der Waals surface area contributed by atoms with E-state index >= 15 is 0 Å². The Morgan fingerprint density at radius 3 is 2.26 bits per heavy atom. The zero-order chi connectivity index (χ0) is 24.8. The van der Waals surface area contributed by atoms with Crippen molar-refractivity contribution in [1.82, 2.24) is 10.2 Å². The number of benzene rings is 1. The number of hydrogen-bond acceptors (Lipinski definition) is 6. The van der Waals surface area contributed by atoms with E-state index in [9.17, 15) is 19.8 Å². The number of carbonyl (C=O) groups excluding carboxylic acids is 2. The van der Waals surface area contributed by atoms with Crippen molar-refractivity contribution in [2.45, 2.75) is 90.7 Å². The first kappa shape index (κ1) is 26.3. The maximum Gasteiger partial charge on any atom is 0.323 e. The van der Waals surface area contributed by atoms with Gasteiger partial charge in [0.25, 0.3) is 5.91 Å². The minimum absolute atomic E-state index is 0.0104. The molecule has 1 amide bonds. The minimum atomic E-state index is -0.288. The number of hydrogen-bond donors (Lipinski definition) is 3. The largest absolute Gasteiger partial charge is 0.508 e. The van der Waals surface area contributed by atoms with E-state index in [0.717, 1.165) is 51.5 Å². The Morgan fingerprint density at radius 1 is 1.03 bits per heavy atom. The Bertz CT molecular complexity index is 840. The highest BCUT2D eigenvalue weighted by Gasteiger charge is 2.29. The number of amides is 1. The van der Waals surface area contributed by atoms with Gasteiger partial charge in [0.2, 0.25) is 0 Å². The average Bonchev–Trinajstić information content (AvgIpc) is 3.29. The molecule has 0 spiro atoms. The number of piperidine rings is 1. The van der Waals surface area contributed by atoms with Crippen LogP contribution in [0.25, 0.3) is 0 Å². The molecule has 3 N–H and O–H groups in total. The van der Waals surface area contributed by atoms with Crippen LogP contribution in [0.2, 0.25) is 0 Å². The van der Waals surface area contributed by atoms with E-state index in [2.05, 4.69) is 19.2 Å². The zero-order valence-electron chi connectivity index (χ0n) is 21.2. The third-order valence-electron chi connectivity index (χ3n) is 7.13. The van der Waals surface area contributed by atoms with Gasteiger partial charge in [0.1, 0.15) is 23.6 Å². The Labute approximate surface area is 203 Å². The third kappa shape index (κ3) is 6.87. The van der Waals surface area contributed by atoms with Crippen molar-refractivity contribution in [3.05, 3.63) is 23.3 Å². The molecular formula is C27H42N2O5. The van der Waals surface area contributed by atoms with Gasteiger partial charge in [0.15, 0.2) is 0 Å². The number of phenolic OH excluding ortho intramolecular Hbond substituents is 2. The summed E-state index contributed by atoms with van der Waals surface area (Å²) >= 11 is 0. The molecule has 1 aliphatic heterocycles. The van der Waals surface area contributed by atoms with Gasteiger partial charge in [-0.15, -0.1) is 0 Å². The van der Waals surface area contributed by atoms with Gasteiger partial charge in [-0.05, 0) is 80.9 Å². The second kappa shape index (κ2) is 11.9. The predicted octanol–water partition coefficient (Wildman–Crippen LogP) is 4.56. The lowest BCUT2D eigenvalue weighted by atomic mass is 9.94. The van der Waals surface area contributed by atoms with Crippen LogP contribution in [0.1, 0.15) is 94.5 Å². The number of carbonyl (C=O) groups is 2. The standard InChI is InChI=1S/C27H42N2O5/c1-17(2)13-23(27(33)34-20-7-5-6-8-20)28-16-19-9-11-29(12-10-19)26(32)22-14-21(18(3)4)24(30)15-25(22)31/h14-15,17-20,23,28,30-31H,5-13,16H2,1-4H3/t23-/m1/s1. The third-order valence-corrected chi connectivity index (χ3v) is 7.13. The van der Waals surface area contributed by atoms with Crippen LogP contribution in [0.3, 0.4) is 0 Å². The fourth-order valence-corrected chi connectivity index (χ4v) is 5.03. The quantitative estimate of drug-likeness (QED) is 0.454. The molecule has 0 bridgehead atoms. The summed E-state index contributed by atoms with van der Waals surface area (Å²) in [6.07, 6.45) is 6.72. The van der Waals surface area contributed by atoms with E-state index in [1.54, 1.807) is 11.0 Å². The van der Waals surface area contributed by atoms with Gasteiger partial charge >= 0.3 is 5.97 Å². The Balaban J connectivity index is 1.53. The summed E-state index contributed by atoms with van der Waals surface area (Å²) < 4.78 is 5.76. The monoisotopic (exact) mass is 474 g/mol. The van der Waals surface area contributed by atoms with E-state index in [-0.39, 0.29) is 47.0 Å². The van der Waals surface area contributed by atoms with Crippen LogP contribution >= 0.6 is 0 Å². The van der Waals surface area contributed by atoms with Crippen LogP contribution in [0, 0.1) is 11.8 Å². The maximum atomic E-state index is 13.1. The summed E-state index contributed by atoms with van der Waals surface area (Å²) in [6.45, 7) is 10.0. The van der Waals surface area contributed by atoms with Crippen LogP contribution in [0.15, 0.2) is 12.1 Å². The smallest absolute Gasteiger partial charge is 0.323 e. The first-order valence-electron chi connectivity index (χ1n) is 12.9. The number of ether oxygens (including phenoxy) is 1. The lowest BCUT2D eigenvalue weighted by Crippen LogP contribution is -2.45. The van der Waals surface area contributed by atoms with Gasteiger partial charge in [-0.2, -0.15) is 0 Å². The normalized spacial score (nSPS) is 18.6. The molecule has 1 heterocycles. The fourth-order valence-electron chi connectivity index (χ4n) is 5.03. The SMILES string of the molecule is CC(C)C[C@@H](NCC1CCN(C(=O)c2cc(C(C)C)c(O)cc2O)CC1)C(=O)OC1CCCC1. The Morgan fingerprint density at radius 2 is 1.68 bits per heavy atom. The minimum Gasteiger partial charge on any atom is -0.508 e. The molecular weight excluding hydrogens is 432 g/mol. The molecule has 1 aliphatic carbocycles. The molecule has 1 saturated carbocycles. The van der Waals surface area contributed by atoms with Crippen LogP contribution in [0.4, 0.5) is 0 Å². The Kier molecular flexibility index (Phi) is 9.23. The van der Waals surface area contributed by atoms with Gasteiger partial charge in [-0.25, -0.2) is 0 Å². The van der Waals surface area contributed by atoms with Crippen LogP contribution < -0.4 is 5.32 Å². The lowest BCUT2D eigenvalue weighted by Gasteiger charge is -2.33. The number of rotatable bonds is 9. The molecule has 1 atom stereocenters. The zero-order valence-corrected chi connectivity index (χ0v) is 21.2. The number of nitrogens with zero attached hydrogens (tertiary/aromatic N) is 1. The molecule has 7 heteroatoms. The van der Waals surface area contributed by atoms with Gasteiger partial charge in [0.05, 0.1) is 5.56 Å². The van der Waals surface area contributed by atoms with Gasteiger partial charge in [0, 0.05) is 19.2 Å². The van der Waals surface area contributed by atoms with Crippen molar-refractivity contribution in [2.75, 3.05) is 19.6 Å². The van der Waals surface area contributed by atoms with Crippen molar-refractivity contribution in [3.8, 4) is 11.5 Å². The molecule has 1 saturated heterocycles. The molecule has 34 heavy (non-hydrogen) atoms. The molecule has 7 nitrogen and oxygen atoms in total. The average molecular weight is 475 g/mol. The summed E-state index contributed by atoms with van der Waals surface area (Å²) in [7, 11) is 0. The van der Waals surface area contributed by atoms with Crippen molar-refractivity contribution >= 4 is 11.9 Å². The molecule has 1 aromatic carbocycles. The first-order chi connectivity index (χ1) is 16.2. The van der Waals surface area contributed by atoms with E-state index in [1.165, 1.54) is 6.07 Å². The van der Waals surface area contributed by atoms with Crippen molar-refractivity contribution < 1.29 is 24.5 Å². The summed E-state index contributed by atoms with van der Waals surface area (Å²) in [5.41, 5.74) is 0.894. The van der Waals surface area contributed by atoms with E-state index in [0.29, 0.717) is 30.5 Å². The van der Waals surface area contributed by atoms with Gasteiger partial charge in [-0.1, -0.05) is 27.7 Å². The van der Waals surface area contributed by atoms with Crippen LogP contribution in [-0.2, 0) is 9.53 Å². The van der Waals surface area contributed by atoms with E-state index in [4.69, 9.17) is 4.74 Å². The predicted molar refractivity (Wildman–Crippen MR) is 132 cm³/mol. The molecule has 1 aromatic rings. The van der Waals surface area contributed by atoms with E-state index < -0.39 is 0 Å². The van der Waals surface area contributed by atoms with E-state index in [1.807, 2.05) is 13.8 Å². The lowest BCUT2D eigenvalue weighted by molar-refractivity contribution is -0.151. The number of phenols is 2. The highest BCUT2D eigenvalue weighted by molar-refractivity contribution is 5.97. The second-order valence-electron chi connectivity index (χ2n) is 10.8. The summed E-state index contributed by atoms with van der Waals surface area (Å²) in [5.74, 6) is 0.299. The van der Waals surface area contributed by atoms with Gasteiger partial charge in [-0.3, -0.25) is 9.59 Å². The van der Waals surface area contributed by atoms with Crippen LogP contribution in [-0.4, -0.2) is 58.8 Å². The fraction of sp³-hybridized carbons (Fsp3) is 0.704. The molecule has 0 unspecified atom stereocenters. The van der Waals surface area contributed by atoms with Crippen molar-refractivity contribution in [1.29, 1.82) is 0 Å². The molecule has 2 fully saturated rings. The number of aromatic hydroxyl groups is 2. The molecule has 0 aromatic heterocycles. The number of likely N-dealkylation sites (tertiary alicyclic amines) is 1. The van der Waals surface area contributed by atoms with Crippen molar-refractivity contribution in [3.63, 3.8) is 0 Å². The number of nitrogens with one attached hydrogen (secondary N) is 1. The second-order valence-corrected chi connectivity index (χ2v) is 10.8. The molecule has 190 valence electrons. The van der Waals surface area contributed by atoms with Gasteiger partial charge < -0.3 is 25.2 Å². The molecule has 3 rings (SSSR count). The summed E-state index contributed by atoms with van der Waals surface area (Å²) in [6, 6.07) is 2.58. The molecule has 2 aliphatic rings. The van der Waals surface area contributed by atoms with Crippen molar-refractivity contribution in [2.24, 2.45) is 11.8 Å². The maximum absolute atomic E-state index is 13.1. The highest BCUT2D eigenvalue weighted by Crippen LogP contribution is 2.33. The summed E-state index contributed by atoms with van der Waals surface area (Å²) in [5, 5.41) is 23.8. The summed E-state index contributed by atoms with van der Waals surface area (Å²) in [4.78, 5) is 27.6. The number of esters is 1.